The highest BCUT2D eigenvalue weighted by Gasteiger charge is 2.10. The second kappa shape index (κ2) is 5.27. The Hall–Kier alpha value is -1.13. The van der Waals surface area contributed by atoms with Crippen LogP contribution in [0.25, 0.3) is 10.4 Å². The molecule has 0 aromatic carbocycles. The van der Waals surface area contributed by atoms with Crippen molar-refractivity contribution >= 4 is 22.9 Å². The minimum absolute atomic E-state index is 0.214. The summed E-state index contributed by atoms with van der Waals surface area (Å²) in [4.78, 5) is 9.18. The summed E-state index contributed by atoms with van der Waals surface area (Å²) in [5, 5.41) is 2.22. The standard InChI is InChI=1S/C11H11ClN2OS/c1-2-5-15-10-8(7-13-11(12)14-10)9-4-3-6-16-9/h3-4,6-7H,2,5H2,1H3. The molecule has 0 bridgehead atoms. The molecule has 0 atom stereocenters. The summed E-state index contributed by atoms with van der Waals surface area (Å²) in [6.45, 7) is 2.68. The van der Waals surface area contributed by atoms with Gasteiger partial charge in [0.1, 0.15) is 0 Å². The average molecular weight is 255 g/mol. The number of thiophene rings is 1. The summed E-state index contributed by atoms with van der Waals surface area (Å²) in [5.74, 6) is 0.560. The molecule has 0 aliphatic heterocycles. The predicted octanol–water partition coefficient (Wildman–Crippen LogP) is 3.65. The van der Waals surface area contributed by atoms with Gasteiger partial charge in [-0.3, -0.25) is 0 Å². The number of hydrogen-bond acceptors (Lipinski definition) is 4. The van der Waals surface area contributed by atoms with Crippen molar-refractivity contribution in [1.82, 2.24) is 9.97 Å². The van der Waals surface area contributed by atoms with E-state index in [1.54, 1.807) is 17.5 Å². The SMILES string of the molecule is CCCOc1nc(Cl)ncc1-c1cccs1. The molecule has 5 heteroatoms. The van der Waals surface area contributed by atoms with E-state index in [2.05, 4.69) is 9.97 Å². The zero-order chi connectivity index (χ0) is 11.4. The van der Waals surface area contributed by atoms with E-state index < -0.39 is 0 Å². The Bertz CT molecular complexity index is 459. The fourth-order valence-electron chi connectivity index (χ4n) is 1.26. The van der Waals surface area contributed by atoms with Crippen LogP contribution in [0.4, 0.5) is 0 Å². The smallest absolute Gasteiger partial charge is 0.226 e. The van der Waals surface area contributed by atoms with Crippen LogP contribution >= 0.6 is 22.9 Å². The lowest BCUT2D eigenvalue weighted by Gasteiger charge is -2.07. The number of halogens is 1. The van der Waals surface area contributed by atoms with Crippen molar-refractivity contribution in [1.29, 1.82) is 0 Å². The average Bonchev–Trinajstić information content (AvgIpc) is 2.80. The minimum Gasteiger partial charge on any atom is -0.477 e. The lowest BCUT2D eigenvalue weighted by Crippen LogP contribution is -2.00. The highest BCUT2D eigenvalue weighted by atomic mass is 35.5. The molecule has 0 spiro atoms. The molecular formula is C11H11ClN2OS. The maximum Gasteiger partial charge on any atom is 0.226 e. The van der Waals surface area contributed by atoms with E-state index in [4.69, 9.17) is 16.3 Å². The predicted molar refractivity (Wildman–Crippen MR) is 66.1 cm³/mol. The Morgan fingerprint density at radius 1 is 1.50 bits per heavy atom. The molecular weight excluding hydrogens is 244 g/mol. The second-order valence-corrected chi connectivity index (χ2v) is 4.47. The molecule has 2 heterocycles. The van der Waals surface area contributed by atoms with Crippen molar-refractivity contribution in [3.05, 3.63) is 29.0 Å². The van der Waals surface area contributed by atoms with Gasteiger partial charge in [-0.05, 0) is 29.5 Å². The lowest BCUT2D eigenvalue weighted by molar-refractivity contribution is 0.306. The fourth-order valence-corrected chi connectivity index (χ4v) is 2.11. The quantitative estimate of drug-likeness (QED) is 0.782. The van der Waals surface area contributed by atoms with Gasteiger partial charge >= 0.3 is 0 Å². The first-order chi connectivity index (χ1) is 7.81. The topological polar surface area (TPSA) is 35.0 Å². The molecule has 0 radical (unpaired) electrons. The number of rotatable bonds is 4. The van der Waals surface area contributed by atoms with Crippen LogP contribution in [0.1, 0.15) is 13.3 Å². The second-order valence-electron chi connectivity index (χ2n) is 3.18. The van der Waals surface area contributed by atoms with Gasteiger partial charge in [0.05, 0.1) is 12.2 Å². The van der Waals surface area contributed by atoms with Crippen LogP contribution in [0.15, 0.2) is 23.7 Å². The molecule has 0 aliphatic rings. The van der Waals surface area contributed by atoms with Crippen LogP contribution in [0.2, 0.25) is 5.28 Å². The largest absolute Gasteiger partial charge is 0.477 e. The van der Waals surface area contributed by atoms with E-state index >= 15 is 0 Å². The van der Waals surface area contributed by atoms with E-state index in [-0.39, 0.29) is 5.28 Å². The van der Waals surface area contributed by atoms with E-state index in [1.165, 1.54) is 0 Å². The van der Waals surface area contributed by atoms with Gasteiger partial charge in [-0.15, -0.1) is 11.3 Å². The van der Waals surface area contributed by atoms with Gasteiger partial charge in [0.25, 0.3) is 0 Å². The number of ether oxygens (including phenoxy) is 1. The maximum atomic E-state index is 5.76. The Kier molecular flexibility index (Phi) is 3.74. The lowest BCUT2D eigenvalue weighted by atomic mass is 10.3. The summed E-state index contributed by atoms with van der Waals surface area (Å²) in [6.07, 6.45) is 2.64. The van der Waals surface area contributed by atoms with Crippen molar-refractivity contribution in [3.63, 3.8) is 0 Å². The number of hydrogen-bond donors (Lipinski definition) is 0. The summed E-state index contributed by atoms with van der Waals surface area (Å²) in [5.41, 5.74) is 0.896. The van der Waals surface area contributed by atoms with Crippen LogP contribution in [0.5, 0.6) is 5.88 Å². The zero-order valence-corrected chi connectivity index (χ0v) is 10.4. The van der Waals surface area contributed by atoms with Crippen LogP contribution in [0, 0.1) is 0 Å². The highest BCUT2D eigenvalue weighted by molar-refractivity contribution is 7.13. The molecule has 0 amide bonds. The molecule has 2 aromatic heterocycles. The first-order valence-corrected chi connectivity index (χ1v) is 6.26. The summed E-state index contributed by atoms with van der Waals surface area (Å²) < 4.78 is 5.56. The normalized spacial score (nSPS) is 10.4. The Morgan fingerprint density at radius 2 is 2.38 bits per heavy atom. The third-order valence-corrected chi connectivity index (χ3v) is 3.04. The van der Waals surface area contributed by atoms with Crippen LogP contribution < -0.4 is 4.74 Å². The van der Waals surface area contributed by atoms with Crippen molar-refractivity contribution in [2.45, 2.75) is 13.3 Å². The van der Waals surface area contributed by atoms with Gasteiger partial charge in [-0.2, -0.15) is 4.98 Å². The first-order valence-electron chi connectivity index (χ1n) is 5.00. The highest BCUT2D eigenvalue weighted by Crippen LogP contribution is 2.31. The Labute approximate surface area is 103 Å². The molecule has 84 valence electrons. The van der Waals surface area contributed by atoms with Gasteiger partial charge in [0.15, 0.2) is 0 Å². The number of aromatic nitrogens is 2. The van der Waals surface area contributed by atoms with Crippen LogP contribution in [-0.4, -0.2) is 16.6 Å². The molecule has 3 nitrogen and oxygen atoms in total. The van der Waals surface area contributed by atoms with E-state index in [0.717, 1.165) is 16.9 Å². The van der Waals surface area contributed by atoms with Crippen LogP contribution in [-0.2, 0) is 0 Å². The van der Waals surface area contributed by atoms with E-state index in [1.807, 2.05) is 24.4 Å². The van der Waals surface area contributed by atoms with Crippen molar-refractivity contribution < 1.29 is 4.74 Å². The molecule has 0 N–H and O–H groups in total. The third kappa shape index (κ3) is 2.51. The van der Waals surface area contributed by atoms with Gasteiger partial charge in [0.2, 0.25) is 11.2 Å². The van der Waals surface area contributed by atoms with E-state index in [0.29, 0.717) is 12.5 Å². The third-order valence-electron chi connectivity index (χ3n) is 1.95. The monoisotopic (exact) mass is 254 g/mol. The van der Waals surface area contributed by atoms with Gasteiger partial charge in [0, 0.05) is 11.1 Å². The molecule has 0 aliphatic carbocycles. The fraction of sp³-hybridized carbons (Fsp3) is 0.273. The minimum atomic E-state index is 0.214. The molecule has 2 aromatic rings. The van der Waals surface area contributed by atoms with Crippen molar-refractivity contribution in [3.8, 4) is 16.3 Å². The van der Waals surface area contributed by atoms with Gasteiger partial charge < -0.3 is 4.74 Å². The molecule has 2 rings (SSSR count). The first kappa shape index (κ1) is 11.4. The van der Waals surface area contributed by atoms with Crippen LogP contribution in [0.3, 0.4) is 0 Å². The van der Waals surface area contributed by atoms with Gasteiger partial charge in [-0.25, -0.2) is 4.98 Å². The van der Waals surface area contributed by atoms with E-state index in [9.17, 15) is 0 Å². The summed E-state index contributed by atoms with van der Waals surface area (Å²) >= 11 is 7.38. The van der Waals surface area contributed by atoms with Crippen molar-refractivity contribution in [2.24, 2.45) is 0 Å². The molecule has 16 heavy (non-hydrogen) atoms. The van der Waals surface area contributed by atoms with Crippen molar-refractivity contribution in [2.75, 3.05) is 6.61 Å². The Balaban J connectivity index is 2.36. The Morgan fingerprint density at radius 3 is 3.06 bits per heavy atom. The zero-order valence-electron chi connectivity index (χ0n) is 8.81. The maximum absolute atomic E-state index is 5.76. The molecule has 0 unspecified atom stereocenters. The molecule has 0 saturated heterocycles. The molecule has 0 saturated carbocycles. The summed E-state index contributed by atoms with van der Waals surface area (Å²) in [6, 6.07) is 3.99. The van der Waals surface area contributed by atoms with Gasteiger partial charge in [-0.1, -0.05) is 13.0 Å². The molecule has 0 fully saturated rings. The summed E-state index contributed by atoms with van der Waals surface area (Å²) in [7, 11) is 0. The number of nitrogens with zero attached hydrogens (tertiary/aromatic N) is 2.